The standard InChI is InChI=1S/C13H16ClN3OS/c1-3-6-15-12(18)8(2)16-13-17-10-5-4-9(14)7-11(10)19-13/h4-5,7-8H,3,6H2,1-2H3,(H,15,18)(H,16,17). The molecule has 1 aromatic carbocycles. The zero-order chi connectivity index (χ0) is 13.8. The van der Waals surface area contributed by atoms with E-state index in [9.17, 15) is 4.79 Å². The van der Waals surface area contributed by atoms with E-state index < -0.39 is 0 Å². The Morgan fingerprint density at radius 3 is 3.05 bits per heavy atom. The molecule has 2 N–H and O–H groups in total. The number of hydrogen-bond donors (Lipinski definition) is 2. The predicted molar refractivity (Wildman–Crippen MR) is 81.0 cm³/mol. The number of hydrogen-bond acceptors (Lipinski definition) is 4. The Hall–Kier alpha value is -1.33. The molecule has 0 fully saturated rings. The summed E-state index contributed by atoms with van der Waals surface area (Å²) in [6.45, 7) is 4.54. The number of benzene rings is 1. The van der Waals surface area contributed by atoms with Crippen LogP contribution in [0.5, 0.6) is 0 Å². The highest BCUT2D eigenvalue weighted by Gasteiger charge is 2.14. The van der Waals surface area contributed by atoms with E-state index in [1.54, 1.807) is 0 Å². The number of nitrogens with one attached hydrogen (secondary N) is 2. The quantitative estimate of drug-likeness (QED) is 0.890. The fourth-order valence-corrected chi connectivity index (χ4v) is 2.84. The van der Waals surface area contributed by atoms with Crippen LogP contribution in [0.25, 0.3) is 10.2 Å². The number of thiazole rings is 1. The molecule has 1 heterocycles. The summed E-state index contributed by atoms with van der Waals surface area (Å²) < 4.78 is 1.01. The Bertz CT molecular complexity index is 584. The van der Waals surface area contributed by atoms with Crippen LogP contribution in [0.3, 0.4) is 0 Å². The number of fused-ring (bicyclic) bond motifs is 1. The molecule has 0 saturated carbocycles. The van der Waals surface area contributed by atoms with Gasteiger partial charge < -0.3 is 10.6 Å². The normalized spacial score (nSPS) is 12.4. The second-order valence-corrected chi connectivity index (χ2v) is 5.76. The molecule has 0 aliphatic carbocycles. The van der Waals surface area contributed by atoms with Gasteiger partial charge in [-0.2, -0.15) is 0 Å². The molecule has 2 rings (SSSR count). The van der Waals surface area contributed by atoms with E-state index in [0.717, 1.165) is 21.8 Å². The van der Waals surface area contributed by atoms with E-state index in [-0.39, 0.29) is 11.9 Å². The number of carbonyl (C=O) groups excluding carboxylic acids is 1. The average molecular weight is 298 g/mol. The highest BCUT2D eigenvalue weighted by molar-refractivity contribution is 7.22. The summed E-state index contributed by atoms with van der Waals surface area (Å²) in [5, 5.41) is 7.39. The maximum absolute atomic E-state index is 11.8. The maximum atomic E-state index is 11.8. The summed E-state index contributed by atoms with van der Waals surface area (Å²) in [6, 6.07) is 5.26. The van der Waals surface area contributed by atoms with E-state index in [4.69, 9.17) is 11.6 Å². The molecule has 1 aromatic heterocycles. The summed E-state index contributed by atoms with van der Waals surface area (Å²) in [5.41, 5.74) is 0.887. The molecule has 6 heteroatoms. The molecule has 1 atom stereocenters. The summed E-state index contributed by atoms with van der Waals surface area (Å²) in [5.74, 6) is -0.0147. The van der Waals surface area contributed by atoms with Gasteiger partial charge in [0.1, 0.15) is 6.04 Å². The van der Waals surface area contributed by atoms with Crippen LogP contribution in [0.4, 0.5) is 5.13 Å². The molecule has 0 spiro atoms. The molecule has 0 bridgehead atoms. The molecule has 1 amide bonds. The number of carbonyl (C=O) groups is 1. The van der Waals surface area contributed by atoms with Crippen molar-refractivity contribution in [2.45, 2.75) is 26.3 Å². The lowest BCUT2D eigenvalue weighted by Gasteiger charge is -2.12. The highest BCUT2D eigenvalue weighted by atomic mass is 35.5. The fraction of sp³-hybridized carbons (Fsp3) is 0.385. The van der Waals surface area contributed by atoms with Crippen LogP contribution in [-0.4, -0.2) is 23.5 Å². The van der Waals surface area contributed by atoms with Crippen molar-refractivity contribution < 1.29 is 4.79 Å². The Balaban J connectivity index is 2.06. The van der Waals surface area contributed by atoms with Gasteiger partial charge in [-0.05, 0) is 31.5 Å². The van der Waals surface area contributed by atoms with E-state index in [1.807, 2.05) is 32.0 Å². The van der Waals surface area contributed by atoms with Crippen LogP contribution in [-0.2, 0) is 4.79 Å². The van der Waals surface area contributed by atoms with Gasteiger partial charge in [0.15, 0.2) is 5.13 Å². The third kappa shape index (κ3) is 3.58. The molecule has 2 aromatic rings. The highest BCUT2D eigenvalue weighted by Crippen LogP contribution is 2.28. The van der Waals surface area contributed by atoms with Crippen LogP contribution in [0.15, 0.2) is 18.2 Å². The molecule has 0 aliphatic rings. The fourth-order valence-electron chi connectivity index (χ4n) is 1.61. The number of rotatable bonds is 5. The van der Waals surface area contributed by atoms with Gasteiger partial charge in [0.05, 0.1) is 10.2 Å². The maximum Gasteiger partial charge on any atom is 0.242 e. The van der Waals surface area contributed by atoms with Crippen molar-refractivity contribution in [2.75, 3.05) is 11.9 Å². The van der Waals surface area contributed by atoms with E-state index >= 15 is 0 Å². The summed E-state index contributed by atoms with van der Waals surface area (Å²) in [4.78, 5) is 16.2. The van der Waals surface area contributed by atoms with Crippen LogP contribution in [0, 0.1) is 0 Å². The minimum Gasteiger partial charge on any atom is -0.354 e. The van der Waals surface area contributed by atoms with Crippen molar-refractivity contribution in [1.29, 1.82) is 0 Å². The lowest BCUT2D eigenvalue weighted by molar-refractivity contribution is -0.121. The van der Waals surface area contributed by atoms with Crippen LogP contribution in [0.2, 0.25) is 5.02 Å². The molecular weight excluding hydrogens is 282 g/mol. The first-order chi connectivity index (χ1) is 9.10. The number of amides is 1. The minimum absolute atomic E-state index is 0.0147. The lowest BCUT2D eigenvalue weighted by atomic mass is 10.3. The van der Waals surface area contributed by atoms with E-state index in [1.165, 1.54) is 11.3 Å². The van der Waals surface area contributed by atoms with Crippen molar-refractivity contribution >= 4 is 44.2 Å². The van der Waals surface area contributed by atoms with Crippen LogP contribution in [0.1, 0.15) is 20.3 Å². The summed E-state index contributed by atoms with van der Waals surface area (Å²) in [7, 11) is 0. The van der Waals surface area contributed by atoms with Gasteiger partial charge in [-0.1, -0.05) is 29.9 Å². The lowest BCUT2D eigenvalue weighted by Crippen LogP contribution is -2.37. The van der Waals surface area contributed by atoms with Crippen molar-refractivity contribution in [3.63, 3.8) is 0 Å². The van der Waals surface area contributed by atoms with Gasteiger partial charge in [-0.25, -0.2) is 4.98 Å². The largest absolute Gasteiger partial charge is 0.354 e. The average Bonchev–Trinajstić information content (AvgIpc) is 2.77. The predicted octanol–water partition coefficient (Wildman–Crippen LogP) is 3.28. The van der Waals surface area contributed by atoms with Gasteiger partial charge in [0.25, 0.3) is 0 Å². The molecular formula is C13H16ClN3OS. The van der Waals surface area contributed by atoms with Gasteiger partial charge in [-0.3, -0.25) is 4.79 Å². The van der Waals surface area contributed by atoms with Crippen LogP contribution < -0.4 is 10.6 Å². The third-order valence-corrected chi connectivity index (χ3v) is 3.82. The topological polar surface area (TPSA) is 54.0 Å². The number of nitrogens with zero attached hydrogens (tertiary/aromatic N) is 1. The second-order valence-electron chi connectivity index (χ2n) is 4.29. The molecule has 102 valence electrons. The van der Waals surface area contributed by atoms with Crippen molar-refractivity contribution in [1.82, 2.24) is 10.3 Å². The first-order valence-corrected chi connectivity index (χ1v) is 7.40. The molecule has 1 unspecified atom stereocenters. The van der Waals surface area contributed by atoms with Gasteiger partial charge in [-0.15, -0.1) is 0 Å². The van der Waals surface area contributed by atoms with Crippen molar-refractivity contribution in [2.24, 2.45) is 0 Å². The first kappa shape index (κ1) is 14.1. The number of anilines is 1. The number of aromatic nitrogens is 1. The zero-order valence-corrected chi connectivity index (χ0v) is 12.4. The molecule has 0 radical (unpaired) electrons. The van der Waals surface area contributed by atoms with E-state index in [2.05, 4.69) is 15.6 Å². The minimum atomic E-state index is -0.303. The summed E-state index contributed by atoms with van der Waals surface area (Å²) in [6.07, 6.45) is 0.929. The number of halogens is 1. The molecule has 4 nitrogen and oxygen atoms in total. The Kier molecular flexibility index (Phi) is 4.61. The molecule has 19 heavy (non-hydrogen) atoms. The monoisotopic (exact) mass is 297 g/mol. The van der Waals surface area contributed by atoms with Gasteiger partial charge in [0.2, 0.25) is 5.91 Å². The Morgan fingerprint density at radius 1 is 1.53 bits per heavy atom. The Morgan fingerprint density at radius 2 is 2.32 bits per heavy atom. The van der Waals surface area contributed by atoms with Gasteiger partial charge in [0, 0.05) is 11.6 Å². The zero-order valence-electron chi connectivity index (χ0n) is 10.9. The smallest absolute Gasteiger partial charge is 0.242 e. The second kappa shape index (κ2) is 6.21. The van der Waals surface area contributed by atoms with Crippen LogP contribution >= 0.6 is 22.9 Å². The van der Waals surface area contributed by atoms with Gasteiger partial charge >= 0.3 is 0 Å². The molecule has 0 saturated heterocycles. The SMILES string of the molecule is CCCNC(=O)C(C)Nc1nc2ccc(Cl)cc2s1. The van der Waals surface area contributed by atoms with E-state index in [0.29, 0.717) is 11.6 Å². The van der Waals surface area contributed by atoms with Crippen molar-refractivity contribution in [3.05, 3.63) is 23.2 Å². The summed E-state index contributed by atoms with van der Waals surface area (Å²) >= 11 is 7.43. The first-order valence-electron chi connectivity index (χ1n) is 6.20. The molecule has 0 aliphatic heterocycles. The Labute approximate surface area is 121 Å². The van der Waals surface area contributed by atoms with Crippen molar-refractivity contribution in [3.8, 4) is 0 Å². The third-order valence-electron chi connectivity index (χ3n) is 2.63.